The highest BCUT2D eigenvalue weighted by Crippen LogP contribution is 2.17. The molecule has 1 aliphatic heterocycles. The van der Waals surface area contributed by atoms with E-state index in [0.717, 1.165) is 12.8 Å². The highest BCUT2D eigenvalue weighted by atomic mass is 32.2. The summed E-state index contributed by atoms with van der Waals surface area (Å²) in [6, 6.07) is -1.10. The Morgan fingerprint density at radius 1 is 1.56 bits per heavy atom. The summed E-state index contributed by atoms with van der Waals surface area (Å²) in [4.78, 5) is 10.6. The van der Waals surface area contributed by atoms with E-state index in [1.807, 2.05) is 6.92 Å². The quantitative estimate of drug-likeness (QED) is 0.736. The summed E-state index contributed by atoms with van der Waals surface area (Å²) >= 11 is 0. The number of nitrogens with one attached hydrogen (secondary N) is 1. The van der Waals surface area contributed by atoms with Crippen LogP contribution in [0.2, 0.25) is 0 Å². The highest BCUT2D eigenvalue weighted by molar-refractivity contribution is 7.87. The van der Waals surface area contributed by atoms with Gasteiger partial charge in [0.15, 0.2) is 0 Å². The summed E-state index contributed by atoms with van der Waals surface area (Å²) in [5.74, 6) is -0.848. The Bertz CT molecular complexity index is 355. The van der Waals surface area contributed by atoms with Crippen LogP contribution in [0.3, 0.4) is 0 Å². The van der Waals surface area contributed by atoms with Crippen molar-refractivity contribution in [1.82, 2.24) is 9.03 Å². The molecule has 1 heterocycles. The second kappa shape index (κ2) is 5.11. The Balaban J connectivity index is 2.66. The molecule has 1 saturated heterocycles. The summed E-state index contributed by atoms with van der Waals surface area (Å²) < 4.78 is 27.1. The number of nitrogens with zero attached hydrogens (tertiary/aromatic N) is 1. The lowest BCUT2D eigenvalue weighted by molar-refractivity contribution is -0.138. The molecule has 1 aliphatic rings. The van der Waals surface area contributed by atoms with Crippen molar-refractivity contribution in [2.24, 2.45) is 5.92 Å². The smallest absolute Gasteiger partial charge is 0.321 e. The van der Waals surface area contributed by atoms with Crippen LogP contribution in [0.1, 0.15) is 26.7 Å². The third-order valence-electron chi connectivity index (χ3n) is 2.66. The van der Waals surface area contributed by atoms with Gasteiger partial charge in [-0.15, -0.1) is 0 Å². The van der Waals surface area contributed by atoms with Crippen molar-refractivity contribution in [1.29, 1.82) is 0 Å². The van der Waals surface area contributed by atoms with Crippen LogP contribution in [-0.2, 0) is 15.0 Å². The molecule has 16 heavy (non-hydrogen) atoms. The predicted octanol–water partition coefficient (Wildman–Crippen LogP) is 0.0258. The number of carboxylic acid groups (broad SMARTS) is 1. The van der Waals surface area contributed by atoms with Crippen LogP contribution in [0.5, 0.6) is 0 Å². The molecule has 0 aliphatic carbocycles. The fourth-order valence-electron chi connectivity index (χ4n) is 1.71. The van der Waals surface area contributed by atoms with Crippen molar-refractivity contribution in [3.63, 3.8) is 0 Å². The standard InChI is InChI=1S/C9H18N2O4S/c1-7-4-3-5-11(6-7)16(14,15)10-8(2)9(12)13/h7-8,10H,3-6H2,1-2H3,(H,12,13). The van der Waals surface area contributed by atoms with Crippen molar-refractivity contribution in [3.8, 4) is 0 Å². The molecule has 0 aromatic heterocycles. The van der Waals surface area contributed by atoms with E-state index >= 15 is 0 Å². The lowest BCUT2D eigenvalue weighted by Crippen LogP contribution is -2.49. The molecule has 2 unspecified atom stereocenters. The zero-order chi connectivity index (χ0) is 12.3. The first-order valence-electron chi connectivity index (χ1n) is 5.33. The maximum absolute atomic E-state index is 11.8. The number of hydrogen-bond donors (Lipinski definition) is 2. The van der Waals surface area contributed by atoms with Gasteiger partial charge >= 0.3 is 5.97 Å². The topological polar surface area (TPSA) is 86.7 Å². The van der Waals surface area contributed by atoms with Crippen LogP contribution >= 0.6 is 0 Å². The Morgan fingerprint density at radius 2 is 2.19 bits per heavy atom. The molecular weight excluding hydrogens is 232 g/mol. The van der Waals surface area contributed by atoms with E-state index in [9.17, 15) is 13.2 Å². The van der Waals surface area contributed by atoms with Crippen LogP contribution in [0.25, 0.3) is 0 Å². The number of aliphatic carboxylic acids is 1. The van der Waals surface area contributed by atoms with Crippen molar-refractivity contribution < 1.29 is 18.3 Å². The zero-order valence-electron chi connectivity index (χ0n) is 9.51. The maximum Gasteiger partial charge on any atom is 0.321 e. The normalized spacial score (nSPS) is 25.2. The van der Waals surface area contributed by atoms with E-state index in [1.54, 1.807) is 0 Å². The summed E-state index contributed by atoms with van der Waals surface area (Å²) in [7, 11) is -3.66. The van der Waals surface area contributed by atoms with Gasteiger partial charge in [0.05, 0.1) is 0 Å². The van der Waals surface area contributed by atoms with Crippen LogP contribution in [0, 0.1) is 5.92 Å². The summed E-state index contributed by atoms with van der Waals surface area (Å²) in [5, 5.41) is 8.65. The van der Waals surface area contributed by atoms with Gasteiger partial charge in [0, 0.05) is 13.1 Å². The predicted molar refractivity (Wildman–Crippen MR) is 59.1 cm³/mol. The van der Waals surface area contributed by atoms with Crippen molar-refractivity contribution in [2.75, 3.05) is 13.1 Å². The summed E-state index contributed by atoms with van der Waals surface area (Å²) in [5.41, 5.74) is 0. The molecule has 1 fully saturated rings. The van der Waals surface area contributed by atoms with Gasteiger partial charge in [0.25, 0.3) is 10.2 Å². The first-order chi connectivity index (χ1) is 7.33. The molecule has 1 rings (SSSR count). The summed E-state index contributed by atoms with van der Waals surface area (Å²) in [6.07, 6.45) is 1.84. The molecule has 94 valence electrons. The van der Waals surface area contributed by atoms with E-state index in [-0.39, 0.29) is 0 Å². The van der Waals surface area contributed by atoms with E-state index in [0.29, 0.717) is 19.0 Å². The van der Waals surface area contributed by atoms with E-state index in [4.69, 9.17) is 5.11 Å². The molecule has 0 amide bonds. The molecule has 0 aromatic carbocycles. The molecule has 6 nitrogen and oxygen atoms in total. The molecule has 2 atom stereocenters. The molecular formula is C9H18N2O4S. The number of hydrogen-bond acceptors (Lipinski definition) is 3. The van der Waals surface area contributed by atoms with E-state index in [1.165, 1.54) is 11.2 Å². The van der Waals surface area contributed by atoms with Crippen molar-refractivity contribution >= 4 is 16.2 Å². The maximum atomic E-state index is 11.8. The Morgan fingerprint density at radius 3 is 2.69 bits per heavy atom. The van der Waals surface area contributed by atoms with Gasteiger partial charge in [-0.2, -0.15) is 17.4 Å². The second-order valence-corrected chi connectivity index (χ2v) is 5.99. The van der Waals surface area contributed by atoms with Gasteiger partial charge in [0.2, 0.25) is 0 Å². The fourth-order valence-corrected chi connectivity index (χ4v) is 3.23. The Hall–Kier alpha value is -0.660. The van der Waals surface area contributed by atoms with E-state index in [2.05, 4.69) is 4.72 Å². The van der Waals surface area contributed by atoms with Crippen LogP contribution in [0.15, 0.2) is 0 Å². The van der Waals surface area contributed by atoms with Gasteiger partial charge in [-0.05, 0) is 25.7 Å². The Labute approximate surface area is 95.8 Å². The first kappa shape index (κ1) is 13.4. The Kier molecular flexibility index (Phi) is 4.28. The van der Waals surface area contributed by atoms with Crippen LogP contribution < -0.4 is 4.72 Å². The molecule has 2 N–H and O–H groups in total. The van der Waals surface area contributed by atoms with Gasteiger partial charge in [-0.3, -0.25) is 4.79 Å². The van der Waals surface area contributed by atoms with Gasteiger partial charge in [-0.25, -0.2) is 0 Å². The van der Waals surface area contributed by atoms with E-state index < -0.39 is 22.2 Å². The zero-order valence-corrected chi connectivity index (χ0v) is 10.3. The first-order valence-corrected chi connectivity index (χ1v) is 6.77. The van der Waals surface area contributed by atoms with Crippen LogP contribution in [-0.4, -0.2) is 42.9 Å². The molecule has 0 saturated carbocycles. The van der Waals surface area contributed by atoms with Gasteiger partial charge < -0.3 is 5.11 Å². The largest absolute Gasteiger partial charge is 0.480 e. The average Bonchev–Trinajstić information content (AvgIpc) is 2.17. The fraction of sp³-hybridized carbons (Fsp3) is 0.889. The molecule has 0 aromatic rings. The highest BCUT2D eigenvalue weighted by Gasteiger charge is 2.29. The molecule has 0 radical (unpaired) electrons. The monoisotopic (exact) mass is 250 g/mol. The third-order valence-corrected chi connectivity index (χ3v) is 4.32. The van der Waals surface area contributed by atoms with Gasteiger partial charge in [0.1, 0.15) is 6.04 Å². The van der Waals surface area contributed by atoms with Crippen LogP contribution in [0.4, 0.5) is 0 Å². The molecule has 7 heteroatoms. The third kappa shape index (κ3) is 3.43. The minimum atomic E-state index is -3.66. The second-order valence-electron chi connectivity index (χ2n) is 4.29. The number of rotatable bonds is 4. The lowest BCUT2D eigenvalue weighted by atomic mass is 10.0. The minimum absolute atomic E-state index is 0.324. The number of carboxylic acids is 1. The van der Waals surface area contributed by atoms with Crippen molar-refractivity contribution in [2.45, 2.75) is 32.7 Å². The molecule has 0 bridgehead atoms. The lowest BCUT2D eigenvalue weighted by Gasteiger charge is -2.30. The summed E-state index contributed by atoms with van der Waals surface area (Å²) in [6.45, 7) is 4.23. The average molecular weight is 250 g/mol. The minimum Gasteiger partial charge on any atom is -0.480 e. The number of piperidine rings is 1. The van der Waals surface area contributed by atoms with Crippen molar-refractivity contribution in [3.05, 3.63) is 0 Å². The SMILES string of the molecule is CC1CCCN(S(=O)(=O)NC(C)C(=O)O)C1. The number of carbonyl (C=O) groups is 1. The van der Waals surface area contributed by atoms with Gasteiger partial charge in [-0.1, -0.05) is 6.92 Å². The molecule has 0 spiro atoms.